The maximum atomic E-state index is 16.3. The van der Waals surface area contributed by atoms with E-state index < -0.39 is 111 Å². The molecule has 23 nitrogen and oxygen atoms in total. The zero-order chi connectivity index (χ0) is 50.3. The number of carbonyl (C=O) groups is 1. The number of aliphatic hydroxyl groups is 1. The molecule has 69 heavy (non-hydrogen) atoms. The van der Waals surface area contributed by atoms with E-state index in [0.717, 1.165) is 0 Å². The monoisotopic (exact) mass is 1030 g/mol. The number of nitrogens with zero attached hydrogens (tertiary/aromatic N) is 8. The number of nitrogens with one attached hydrogen (secondary N) is 2. The summed E-state index contributed by atoms with van der Waals surface area (Å²) in [5, 5.41) is 23.8. The molecule has 1 aromatic carbocycles. The van der Waals surface area contributed by atoms with E-state index in [-0.39, 0.29) is 46.2 Å². The number of rotatable bonds is 18. The third-order valence-corrected chi connectivity index (χ3v) is 25.0. The van der Waals surface area contributed by atoms with E-state index in [4.69, 9.17) is 31.9 Å². The highest BCUT2D eigenvalue weighted by molar-refractivity contribution is 7.54. The Morgan fingerprint density at radius 2 is 1.48 bits per heavy atom. The summed E-state index contributed by atoms with van der Waals surface area (Å²) in [5.74, 6) is -0.406. The molecular weight excluding hydrogens is 971 g/mol. The number of fused-ring (bicyclic) bond motifs is 2. The minimum absolute atomic E-state index is 0.0123. The number of ether oxygens (including phenoxy) is 2. The molecule has 7 rings (SSSR count). The van der Waals surface area contributed by atoms with Crippen LogP contribution in [0.1, 0.15) is 70.8 Å². The molecule has 5 aromatic rings. The van der Waals surface area contributed by atoms with Gasteiger partial charge in [-0.25, -0.2) is 24.9 Å². The maximum absolute atomic E-state index is 16.3. The van der Waals surface area contributed by atoms with Crippen LogP contribution in [0.2, 0.25) is 36.3 Å². The Labute approximate surface area is 401 Å². The number of amides is 1. The molecule has 0 aliphatic carbocycles. The first-order valence-electron chi connectivity index (χ1n) is 22.3. The number of aromatic amines is 1. The summed E-state index contributed by atoms with van der Waals surface area (Å²) in [6.07, 6.45) is -3.75. The highest BCUT2D eigenvalue weighted by Crippen LogP contribution is 2.63. The lowest BCUT2D eigenvalue weighted by Crippen LogP contribution is -2.50. The first-order chi connectivity index (χ1) is 32.4. The van der Waals surface area contributed by atoms with Crippen LogP contribution in [0.4, 0.5) is 5.82 Å². The molecule has 27 heteroatoms. The minimum atomic E-state index is -4.74. The van der Waals surface area contributed by atoms with Gasteiger partial charge in [-0.3, -0.25) is 27.9 Å². The van der Waals surface area contributed by atoms with Gasteiger partial charge in [-0.15, -0.1) is 0 Å². The van der Waals surface area contributed by atoms with E-state index in [0.29, 0.717) is 5.56 Å². The SMILES string of the molecule is CC(C)(C)[Si](C)(C)O[C@@H]1C(COP(=O)(OCCC#N)[C@H]2C(n3cnc4c(NC(=O)c5ccccc5)ncnc43)OC(CO[PH](=O)O)[C@H]2O[Si](C)(C)C(C)(C)C)OC(n2cnc3c(=O)[nH]cnc32)[C@@H]1O. The predicted molar refractivity (Wildman–Crippen MR) is 257 cm³/mol. The minimum Gasteiger partial charge on any atom is -0.410 e. The second-order valence-corrected chi connectivity index (χ2v) is 32.4. The molecule has 374 valence electrons. The lowest BCUT2D eigenvalue weighted by atomic mass is 10.1. The third-order valence-electron chi connectivity index (χ3n) is 13.3. The van der Waals surface area contributed by atoms with Crippen molar-refractivity contribution in [2.75, 3.05) is 25.1 Å². The Hall–Kier alpha value is -4.39. The maximum Gasteiger partial charge on any atom is 0.341 e. The zero-order valence-electron chi connectivity index (χ0n) is 40.1. The lowest BCUT2D eigenvalue weighted by molar-refractivity contribution is -0.0498. The molecule has 10 atom stereocenters. The number of imidazole rings is 2. The predicted octanol–water partition coefficient (Wildman–Crippen LogP) is 6.06. The van der Waals surface area contributed by atoms with Crippen molar-refractivity contribution in [3.63, 3.8) is 0 Å². The average Bonchev–Trinajstić information content (AvgIpc) is 4.06. The number of anilines is 1. The van der Waals surface area contributed by atoms with Crippen molar-refractivity contribution in [2.24, 2.45) is 0 Å². The Balaban J connectivity index is 1.34. The highest BCUT2D eigenvalue weighted by atomic mass is 31.2. The Bertz CT molecular complexity index is 2810. The number of aromatic nitrogens is 8. The topological polar surface area (TPSA) is 299 Å². The van der Waals surface area contributed by atoms with E-state index in [1.54, 1.807) is 30.3 Å². The molecule has 2 fully saturated rings. The van der Waals surface area contributed by atoms with Gasteiger partial charge in [0.2, 0.25) is 0 Å². The van der Waals surface area contributed by atoms with Crippen LogP contribution in [-0.2, 0) is 41.0 Å². The molecule has 2 saturated heterocycles. The van der Waals surface area contributed by atoms with E-state index in [2.05, 4.69) is 35.2 Å². The van der Waals surface area contributed by atoms with Crippen LogP contribution >= 0.6 is 15.9 Å². The first kappa shape index (κ1) is 52.4. The quantitative estimate of drug-likeness (QED) is 0.0441. The Morgan fingerprint density at radius 1 is 0.884 bits per heavy atom. The second kappa shape index (κ2) is 20.4. The fourth-order valence-corrected chi connectivity index (χ4v) is 12.9. The summed E-state index contributed by atoms with van der Waals surface area (Å²) in [7, 11) is -13.9. The van der Waals surface area contributed by atoms with E-state index >= 15 is 4.57 Å². The van der Waals surface area contributed by atoms with E-state index in [1.807, 2.05) is 73.8 Å². The molecular formula is C42H60N10O13P2Si2. The summed E-state index contributed by atoms with van der Waals surface area (Å²) in [6.45, 7) is 18.6. The highest BCUT2D eigenvalue weighted by Gasteiger charge is 2.60. The van der Waals surface area contributed by atoms with Crippen molar-refractivity contribution >= 4 is 66.5 Å². The number of nitriles is 1. The van der Waals surface area contributed by atoms with Gasteiger partial charge in [0.15, 0.2) is 57.2 Å². The average molecular weight is 1030 g/mol. The van der Waals surface area contributed by atoms with Crippen molar-refractivity contribution < 1.29 is 55.8 Å². The van der Waals surface area contributed by atoms with Crippen LogP contribution in [0.3, 0.4) is 0 Å². The Morgan fingerprint density at radius 3 is 2.12 bits per heavy atom. The third kappa shape index (κ3) is 10.9. The van der Waals surface area contributed by atoms with Gasteiger partial charge in [-0.1, -0.05) is 59.7 Å². The molecule has 2 aliphatic heterocycles. The molecule has 6 heterocycles. The summed E-state index contributed by atoms with van der Waals surface area (Å²) < 4.78 is 76.6. The largest absolute Gasteiger partial charge is 0.410 e. The standard InChI is InChI=1S/C42H60N10O13P2Si2/c1-41(2,3)68(7,8)64-31-27(62-39(30(31)53)51-24-49-29-36(51)46-22-47-38(29)55)20-61-67(58,60-18-14-17-43)33-32(65-69(9,10)42(4,5)6)26(19-59-66(56)57)63-40(33)52-23-48-28-34(44-21-45-35(28)52)50-37(54)25-15-12-11-13-16-25/h11-13,15-16,21-24,26-27,30-33,39-40,53,66H,14,18-20H2,1-10H3,(H,56,57)(H,46,47,55)(H,44,45,50,54)/t26?,27?,30-,31-,32-,33-,39?,40?,67?/m1/s1. The fraction of sp³-hybridized carbons (Fsp3) is 0.571. The van der Waals surface area contributed by atoms with Crippen molar-refractivity contribution in [3.05, 3.63) is 71.6 Å². The van der Waals surface area contributed by atoms with Crippen LogP contribution in [0.25, 0.3) is 22.3 Å². The van der Waals surface area contributed by atoms with E-state index in [9.17, 15) is 29.4 Å². The molecule has 0 spiro atoms. The summed E-state index contributed by atoms with van der Waals surface area (Å²) >= 11 is 0. The van der Waals surface area contributed by atoms with Crippen LogP contribution in [-0.4, -0.2) is 128 Å². The van der Waals surface area contributed by atoms with Crippen LogP contribution in [0.5, 0.6) is 0 Å². The smallest absolute Gasteiger partial charge is 0.341 e. The molecule has 4 aromatic heterocycles. The van der Waals surface area contributed by atoms with Gasteiger partial charge >= 0.3 is 15.9 Å². The lowest BCUT2D eigenvalue weighted by Gasteiger charge is -2.42. The van der Waals surface area contributed by atoms with Gasteiger partial charge in [-0.05, 0) is 48.4 Å². The number of benzene rings is 1. The van der Waals surface area contributed by atoms with Gasteiger partial charge in [-0.2, -0.15) is 5.26 Å². The van der Waals surface area contributed by atoms with Gasteiger partial charge in [0.1, 0.15) is 36.4 Å². The van der Waals surface area contributed by atoms with Crippen molar-refractivity contribution in [3.8, 4) is 6.07 Å². The molecule has 1 amide bonds. The fourth-order valence-electron chi connectivity index (χ4n) is 7.54. The number of hydrogen-bond donors (Lipinski definition) is 4. The molecule has 0 saturated carbocycles. The van der Waals surface area contributed by atoms with Gasteiger partial charge in [0.25, 0.3) is 11.5 Å². The molecule has 4 N–H and O–H groups in total. The number of H-pyrrole nitrogens is 1. The molecule has 2 aliphatic rings. The summed E-state index contributed by atoms with van der Waals surface area (Å²) in [5.41, 5.74) is -1.17. The summed E-state index contributed by atoms with van der Waals surface area (Å²) in [4.78, 5) is 60.3. The Kier molecular flexibility index (Phi) is 15.5. The first-order valence-corrected chi connectivity index (χ1v) is 31.0. The van der Waals surface area contributed by atoms with Crippen molar-refractivity contribution in [1.29, 1.82) is 5.26 Å². The second-order valence-electron chi connectivity index (χ2n) is 19.9. The molecule has 6 unspecified atom stereocenters. The molecule has 0 radical (unpaired) electrons. The van der Waals surface area contributed by atoms with Crippen molar-refractivity contribution in [2.45, 2.75) is 133 Å². The van der Waals surface area contributed by atoms with Crippen LogP contribution in [0, 0.1) is 11.3 Å². The van der Waals surface area contributed by atoms with Crippen LogP contribution in [0.15, 0.2) is 60.4 Å². The van der Waals surface area contributed by atoms with E-state index in [1.165, 1.54) is 34.4 Å². The number of aliphatic hydroxyl groups excluding tert-OH is 1. The number of carbonyl (C=O) groups excluding carboxylic acids is 1. The van der Waals surface area contributed by atoms with Gasteiger partial charge in [0.05, 0.1) is 57.4 Å². The summed E-state index contributed by atoms with van der Waals surface area (Å²) in [6, 6.07) is 10.5. The van der Waals surface area contributed by atoms with Crippen LogP contribution < -0.4 is 10.9 Å². The zero-order valence-corrected chi connectivity index (χ0v) is 43.9. The van der Waals surface area contributed by atoms with Crippen molar-refractivity contribution in [1.82, 2.24) is 39.0 Å². The van der Waals surface area contributed by atoms with Gasteiger partial charge < -0.3 is 52.2 Å². The normalized spacial score (nSPS) is 24.9. The molecule has 0 bridgehead atoms. The number of hydrogen-bond acceptors (Lipinski definition) is 18. The van der Waals surface area contributed by atoms with Gasteiger partial charge in [0, 0.05) is 5.56 Å².